The Morgan fingerprint density at radius 3 is 2.54 bits per heavy atom. The topological polar surface area (TPSA) is 77.9 Å². The molecule has 1 aromatic rings. The first-order valence-corrected chi connectivity index (χ1v) is 9.27. The molecular formula is C20H28N2O4. The average molecular weight is 360 g/mol. The van der Waals surface area contributed by atoms with Crippen LogP contribution in [0.25, 0.3) is 0 Å². The van der Waals surface area contributed by atoms with Gasteiger partial charge in [0.15, 0.2) is 0 Å². The third kappa shape index (κ3) is 5.31. The number of nitrogens with zero attached hydrogens (tertiary/aromatic N) is 2. The van der Waals surface area contributed by atoms with Crippen LogP contribution in [0, 0.1) is 5.92 Å². The molecule has 0 saturated carbocycles. The van der Waals surface area contributed by atoms with Crippen molar-refractivity contribution in [2.75, 3.05) is 26.7 Å². The van der Waals surface area contributed by atoms with E-state index in [2.05, 4.69) is 6.92 Å². The van der Waals surface area contributed by atoms with Crippen LogP contribution in [-0.2, 0) is 16.0 Å². The Balaban J connectivity index is 1.85. The number of benzene rings is 1. The number of carbonyl (C=O) groups excluding carboxylic acids is 2. The summed E-state index contributed by atoms with van der Waals surface area (Å²) in [6, 6.07) is 6.48. The van der Waals surface area contributed by atoms with Crippen LogP contribution in [0.1, 0.15) is 48.5 Å². The molecular weight excluding hydrogens is 332 g/mol. The minimum Gasteiger partial charge on any atom is -0.478 e. The summed E-state index contributed by atoms with van der Waals surface area (Å²) < 4.78 is 0. The zero-order chi connectivity index (χ0) is 19.1. The summed E-state index contributed by atoms with van der Waals surface area (Å²) >= 11 is 0. The van der Waals surface area contributed by atoms with E-state index in [1.807, 2.05) is 11.9 Å². The Labute approximate surface area is 154 Å². The molecule has 142 valence electrons. The van der Waals surface area contributed by atoms with E-state index in [-0.39, 0.29) is 29.7 Å². The first-order chi connectivity index (χ1) is 12.4. The SMILES string of the molecule is CCCCN(C)C(=O)C1CCN(C(=O)Cc2cccc(C(=O)O)c2)CC1. The van der Waals surface area contributed by atoms with E-state index >= 15 is 0 Å². The number of carboxylic acids is 1. The van der Waals surface area contributed by atoms with E-state index in [1.165, 1.54) is 6.07 Å². The van der Waals surface area contributed by atoms with Gasteiger partial charge in [-0.2, -0.15) is 0 Å². The number of carboxylic acid groups (broad SMARTS) is 1. The number of carbonyl (C=O) groups is 3. The molecule has 1 aliphatic rings. The van der Waals surface area contributed by atoms with Gasteiger partial charge in [-0.15, -0.1) is 0 Å². The second kappa shape index (κ2) is 9.36. The molecule has 6 nitrogen and oxygen atoms in total. The van der Waals surface area contributed by atoms with Gasteiger partial charge in [-0.25, -0.2) is 4.79 Å². The highest BCUT2D eigenvalue weighted by molar-refractivity contribution is 5.88. The molecule has 1 aliphatic heterocycles. The van der Waals surface area contributed by atoms with Gasteiger partial charge in [-0.3, -0.25) is 9.59 Å². The number of hydrogen-bond acceptors (Lipinski definition) is 3. The van der Waals surface area contributed by atoms with E-state index < -0.39 is 5.97 Å². The lowest BCUT2D eigenvalue weighted by Crippen LogP contribution is -2.44. The average Bonchev–Trinajstić information content (AvgIpc) is 2.65. The molecule has 0 aromatic heterocycles. The quantitative estimate of drug-likeness (QED) is 0.810. The van der Waals surface area contributed by atoms with Gasteiger partial charge < -0.3 is 14.9 Å². The standard InChI is InChI=1S/C20H28N2O4/c1-3-4-10-21(2)19(24)16-8-11-22(12-9-16)18(23)14-15-6-5-7-17(13-15)20(25)26/h5-7,13,16H,3-4,8-12,14H2,1-2H3,(H,25,26). The molecule has 1 fully saturated rings. The molecule has 1 N–H and O–H groups in total. The largest absolute Gasteiger partial charge is 0.478 e. The van der Waals surface area contributed by atoms with Crippen molar-refractivity contribution >= 4 is 17.8 Å². The molecule has 0 spiro atoms. The first kappa shape index (κ1) is 19.9. The molecule has 0 unspecified atom stereocenters. The van der Waals surface area contributed by atoms with Crippen molar-refractivity contribution in [3.05, 3.63) is 35.4 Å². The Kier molecular flexibility index (Phi) is 7.18. The number of hydrogen-bond donors (Lipinski definition) is 1. The van der Waals surface area contributed by atoms with Crippen LogP contribution in [0.3, 0.4) is 0 Å². The number of rotatable bonds is 7. The molecule has 0 radical (unpaired) electrons. The van der Waals surface area contributed by atoms with E-state index in [9.17, 15) is 14.4 Å². The number of likely N-dealkylation sites (tertiary alicyclic amines) is 1. The second-order valence-electron chi connectivity index (χ2n) is 6.95. The van der Waals surface area contributed by atoms with Crippen molar-refractivity contribution < 1.29 is 19.5 Å². The monoisotopic (exact) mass is 360 g/mol. The van der Waals surface area contributed by atoms with E-state index in [1.54, 1.807) is 23.1 Å². The molecule has 0 aliphatic carbocycles. The van der Waals surface area contributed by atoms with Gasteiger partial charge in [-0.1, -0.05) is 25.5 Å². The Morgan fingerprint density at radius 2 is 1.92 bits per heavy atom. The number of amides is 2. The molecule has 0 bridgehead atoms. The first-order valence-electron chi connectivity index (χ1n) is 9.27. The van der Waals surface area contributed by atoms with Gasteiger partial charge >= 0.3 is 5.97 Å². The predicted octanol–water partition coefficient (Wildman–Crippen LogP) is 2.42. The Bertz CT molecular complexity index is 651. The summed E-state index contributed by atoms with van der Waals surface area (Å²) in [5, 5.41) is 9.04. The van der Waals surface area contributed by atoms with Gasteiger partial charge in [0.1, 0.15) is 0 Å². The highest BCUT2D eigenvalue weighted by atomic mass is 16.4. The third-order valence-corrected chi connectivity index (χ3v) is 4.95. The van der Waals surface area contributed by atoms with Crippen LogP contribution in [0.15, 0.2) is 24.3 Å². The molecule has 6 heteroatoms. The van der Waals surface area contributed by atoms with Crippen LogP contribution >= 0.6 is 0 Å². The lowest BCUT2D eigenvalue weighted by atomic mass is 9.94. The highest BCUT2D eigenvalue weighted by Gasteiger charge is 2.28. The Hall–Kier alpha value is -2.37. The van der Waals surface area contributed by atoms with Crippen molar-refractivity contribution in [1.29, 1.82) is 0 Å². The predicted molar refractivity (Wildman–Crippen MR) is 99.0 cm³/mol. The summed E-state index contributed by atoms with van der Waals surface area (Å²) in [5.41, 5.74) is 0.891. The summed E-state index contributed by atoms with van der Waals surface area (Å²) in [7, 11) is 1.85. The maximum atomic E-state index is 12.5. The minimum atomic E-state index is -0.995. The number of unbranched alkanes of at least 4 members (excludes halogenated alkanes) is 1. The minimum absolute atomic E-state index is 0.00348. The normalized spacial score (nSPS) is 14.9. The van der Waals surface area contributed by atoms with Crippen molar-refractivity contribution in [2.24, 2.45) is 5.92 Å². The van der Waals surface area contributed by atoms with Crippen molar-refractivity contribution in [1.82, 2.24) is 9.80 Å². The summed E-state index contributed by atoms with van der Waals surface area (Å²) in [6.07, 6.45) is 3.64. The molecule has 1 aromatic carbocycles. The maximum Gasteiger partial charge on any atom is 0.335 e. The smallest absolute Gasteiger partial charge is 0.335 e. The maximum absolute atomic E-state index is 12.5. The molecule has 1 saturated heterocycles. The molecule has 0 atom stereocenters. The highest BCUT2D eigenvalue weighted by Crippen LogP contribution is 2.20. The van der Waals surface area contributed by atoms with Gasteiger partial charge in [-0.05, 0) is 37.0 Å². The Morgan fingerprint density at radius 1 is 1.23 bits per heavy atom. The van der Waals surface area contributed by atoms with Crippen LogP contribution < -0.4 is 0 Å². The molecule has 2 rings (SSSR count). The van der Waals surface area contributed by atoms with Crippen LogP contribution in [0.5, 0.6) is 0 Å². The zero-order valence-electron chi connectivity index (χ0n) is 15.6. The van der Waals surface area contributed by atoms with Gasteiger partial charge in [0.05, 0.1) is 12.0 Å². The van der Waals surface area contributed by atoms with Crippen molar-refractivity contribution in [2.45, 2.75) is 39.0 Å². The fourth-order valence-electron chi connectivity index (χ4n) is 3.29. The second-order valence-corrected chi connectivity index (χ2v) is 6.95. The van der Waals surface area contributed by atoms with E-state index in [0.717, 1.165) is 19.4 Å². The summed E-state index contributed by atoms with van der Waals surface area (Å²) in [4.78, 5) is 39.5. The van der Waals surface area contributed by atoms with Gasteiger partial charge in [0, 0.05) is 32.6 Å². The molecule has 1 heterocycles. The molecule has 2 amide bonds. The zero-order valence-corrected chi connectivity index (χ0v) is 15.6. The summed E-state index contributed by atoms with van der Waals surface area (Å²) in [6.45, 7) is 4.05. The summed E-state index contributed by atoms with van der Waals surface area (Å²) in [5.74, 6) is -0.834. The van der Waals surface area contributed by atoms with Crippen molar-refractivity contribution in [3.8, 4) is 0 Å². The number of piperidine rings is 1. The fourth-order valence-corrected chi connectivity index (χ4v) is 3.29. The van der Waals surface area contributed by atoms with Crippen molar-refractivity contribution in [3.63, 3.8) is 0 Å². The lowest BCUT2D eigenvalue weighted by molar-refractivity contribution is -0.139. The van der Waals surface area contributed by atoms with Gasteiger partial charge in [0.25, 0.3) is 0 Å². The van der Waals surface area contributed by atoms with Crippen LogP contribution in [0.4, 0.5) is 0 Å². The third-order valence-electron chi connectivity index (χ3n) is 4.95. The number of aromatic carboxylic acids is 1. The lowest BCUT2D eigenvalue weighted by Gasteiger charge is -2.33. The van der Waals surface area contributed by atoms with Crippen LogP contribution in [-0.4, -0.2) is 59.4 Å². The van der Waals surface area contributed by atoms with E-state index in [0.29, 0.717) is 31.5 Å². The van der Waals surface area contributed by atoms with E-state index in [4.69, 9.17) is 5.11 Å². The fraction of sp³-hybridized carbons (Fsp3) is 0.550. The molecule has 26 heavy (non-hydrogen) atoms. The van der Waals surface area contributed by atoms with Gasteiger partial charge in [0.2, 0.25) is 11.8 Å². The van der Waals surface area contributed by atoms with Crippen LogP contribution in [0.2, 0.25) is 0 Å².